The maximum atomic E-state index is 10.0. The van der Waals surface area contributed by atoms with Crippen molar-refractivity contribution in [3.63, 3.8) is 0 Å². The number of hydrogen-bond acceptors (Lipinski definition) is 5. The Bertz CT molecular complexity index is 489. The van der Waals surface area contributed by atoms with Crippen LogP contribution in [0.3, 0.4) is 0 Å². The van der Waals surface area contributed by atoms with E-state index in [1.807, 2.05) is 24.3 Å². The molecule has 0 saturated carbocycles. The molecule has 1 heterocycles. The Morgan fingerprint density at radius 1 is 1.35 bits per heavy atom. The van der Waals surface area contributed by atoms with E-state index in [4.69, 9.17) is 9.26 Å². The van der Waals surface area contributed by atoms with Gasteiger partial charge in [-0.25, -0.2) is 0 Å². The summed E-state index contributed by atoms with van der Waals surface area (Å²) in [6.07, 6.45) is 0. The molecule has 17 heavy (non-hydrogen) atoms. The van der Waals surface area contributed by atoms with Gasteiger partial charge in [0, 0.05) is 11.6 Å². The summed E-state index contributed by atoms with van der Waals surface area (Å²) < 4.78 is 14.6. The third-order valence-electron chi connectivity index (χ3n) is 2.24. The second kappa shape index (κ2) is 5.16. The number of hydrogen-bond donors (Lipinski definition) is 0. The van der Waals surface area contributed by atoms with Crippen LogP contribution in [0.1, 0.15) is 5.76 Å². The lowest BCUT2D eigenvalue weighted by molar-refractivity contribution is -0.130. The van der Waals surface area contributed by atoms with Gasteiger partial charge in [-0.15, -0.1) is 0 Å². The van der Waals surface area contributed by atoms with E-state index in [0.29, 0.717) is 17.9 Å². The van der Waals surface area contributed by atoms with E-state index in [-0.39, 0.29) is 6.61 Å². The molecule has 0 bridgehead atoms. The molecule has 0 spiro atoms. The first-order valence-corrected chi connectivity index (χ1v) is 4.99. The molecule has 5 heteroatoms. The Balaban J connectivity index is 2.15. The van der Waals surface area contributed by atoms with Gasteiger partial charge >= 0.3 is 0 Å². The smallest absolute Gasteiger partial charge is 0.293 e. The van der Waals surface area contributed by atoms with Crippen LogP contribution in [0.15, 0.2) is 34.9 Å². The van der Waals surface area contributed by atoms with Crippen molar-refractivity contribution in [1.82, 2.24) is 5.16 Å². The van der Waals surface area contributed by atoms with Crippen molar-refractivity contribution in [3.05, 3.63) is 36.1 Å². The second-order valence-electron chi connectivity index (χ2n) is 3.31. The molecule has 1 aromatic carbocycles. The lowest BCUT2D eigenvalue weighted by Gasteiger charge is -1.99. The standard InChI is InChI=1S/C12H11NO4/c1-15-10-4-2-9(3-5-10)12-6-11(17-13-12)7-16-8-14/h2-6,8H,7H2,1H3. The van der Waals surface area contributed by atoms with Gasteiger partial charge in [0.1, 0.15) is 11.4 Å². The maximum Gasteiger partial charge on any atom is 0.293 e. The number of aromatic nitrogens is 1. The summed E-state index contributed by atoms with van der Waals surface area (Å²) in [5.41, 5.74) is 1.60. The predicted molar refractivity (Wildman–Crippen MR) is 59.3 cm³/mol. The normalized spacial score (nSPS) is 9.94. The first-order valence-electron chi connectivity index (χ1n) is 4.99. The predicted octanol–water partition coefficient (Wildman–Crippen LogP) is 2.02. The third kappa shape index (κ3) is 2.63. The van der Waals surface area contributed by atoms with Crippen LogP contribution in [-0.4, -0.2) is 18.7 Å². The quantitative estimate of drug-likeness (QED) is 0.739. The molecular formula is C12H11NO4. The molecular weight excluding hydrogens is 222 g/mol. The van der Waals surface area contributed by atoms with Crippen LogP contribution >= 0.6 is 0 Å². The number of rotatable bonds is 5. The lowest BCUT2D eigenvalue weighted by atomic mass is 10.1. The third-order valence-corrected chi connectivity index (χ3v) is 2.24. The molecule has 5 nitrogen and oxygen atoms in total. The molecule has 1 aromatic heterocycles. The number of benzene rings is 1. The van der Waals surface area contributed by atoms with Crippen LogP contribution in [-0.2, 0) is 16.1 Å². The van der Waals surface area contributed by atoms with Gasteiger partial charge in [-0.2, -0.15) is 0 Å². The topological polar surface area (TPSA) is 61.6 Å². The van der Waals surface area contributed by atoms with Gasteiger partial charge in [0.25, 0.3) is 6.47 Å². The molecule has 0 aliphatic rings. The van der Waals surface area contributed by atoms with Crippen molar-refractivity contribution in [3.8, 4) is 17.0 Å². The molecule has 0 N–H and O–H groups in total. The van der Waals surface area contributed by atoms with E-state index in [0.717, 1.165) is 11.3 Å². The molecule has 2 rings (SSSR count). The number of ether oxygens (including phenoxy) is 2. The van der Waals surface area contributed by atoms with Gasteiger partial charge < -0.3 is 14.0 Å². The van der Waals surface area contributed by atoms with Crippen LogP contribution < -0.4 is 4.74 Å². The summed E-state index contributed by atoms with van der Waals surface area (Å²) in [6, 6.07) is 9.16. The zero-order valence-electron chi connectivity index (χ0n) is 9.25. The van der Waals surface area contributed by atoms with Gasteiger partial charge in [0.05, 0.1) is 7.11 Å². The van der Waals surface area contributed by atoms with Crippen molar-refractivity contribution in [2.75, 3.05) is 7.11 Å². The summed E-state index contributed by atoms with van der Waals surface area (Å²) in [5.74, 6) is 1.28. The Kier molecular flexibility index (Phi) is 3.40. The van der Waals surface area contributed by atoms with Gasteiger partial charge in [-0.05, 0) is 24.3 Å². The summed E-state index contributed by atoms with van der Waals surface area (Å²) >= 11 is 0. The molecule has 0 radical (unpaired) electrons. The van der Waals surface area contributed by atoms with Gasteiger partial charge in [0.2, 0.25) is 0 Å². The Labute approximate surface area is 97.9 Å². The molecule has 0 unspecified atom stereocenters. The van der Waals surface area contributed by atoms with E-state index < -0.39 is 0 Å². The van der Waals surface area contributed by atoms with E-state index >= 15 is 0 Å². The average molecular weight is 233 g/mol. The summed E-state index contributed by atoms with van der Waals surface area (Å²) in [4.78, 5) is 10.0. The Morgan fingerprint density at radius 2 is 2.12 bits per heavy atom. The first kappa shape index (κ1) is 11.2. The zero-order valence-corrected chi connectivity index (χ0v) is 9.25. The van der Waals surface area contributed by atoms with E-state index in [2.05, 4.69) is 9.89 Å². The molecule has 0 atom stereocenters. The van der Waals surface area contributed by atoms with Crippen molar-refractivity contribution >= 4 is 6.47 Å². The lowest BCUT2D eigenvalue weighted by Crippen LogP contribution is -1.86. The summed E-state index contributed by atoms with van der Waals surface area (Å²) in [7, 11) is 1.61. The number of methoxy groups -OCH3 is 1. The largest absolute Gasteiger partial charge is 0.497 e. The van der Waals surface area contributed by atoms with Crippen molar-refractivity contribution in [2.24, 2.45) is 0 Å². The van der Waals surface area contributed by atoms with Crippen LogP contribution in [0.2, 0.25) is 0 Å². The highest BCUT2D eigenvalue weighted by Gasteiger charge is 2.06. The fraction of sp³-hybridized carbons (Fsp3) is 0.167. The molecule has 0 fully saturated rings. The number of carbonyl (C=O) groups excluding carboxylic acids is 1. The van der Waals surface area contributed by atoms with Crippen LogP contribution in [0, 0.1) is 0 Å². The molecule has 0 aliphatic heterocycles. The van der Waals surface area contributed by atoms with Crippen molar-refractivity contribution < 1.29 is 18.8 Å². The highest BCUT2D eigenvalue weighted by Crippen LogP contribution is 2.22. The monoisotopic (exact) mass is 233 g/mol. The fourth-order valence-electron chi connectivity index (χ4n) is 1.39. The number of carbonyl (C=O) groups is 1. The Hall–Kier alpha value is -2.30. The van der Waals surface area contributed by atoms with Gasteiger partial charge in [-0.3, -0.25) is 4.79 Å². The van der Waals surface area contributed by atoms with Crippen molar-refractivity contribution in [1.29, 1.82) is 0 Å². The van der Waals surface area contributed by atoms with Crippen LogP contribution in [0.4, 0.5) is 0 Å². The SMILES string of the molecule is COc1ccc(-c2cc(COC=O)on2)cc1. The fourth-order valence-corrected chi connectivity index (χ4v) is 1.39. The highest BCUT2D eigenvalue weighted by molar-refractivity contribution is 5.59. The van der Waals surface area contributed by atoms with E-state index in [1.54, 1.807) is 13.2 Å². The second-order valence-corrected chi connectivity index (χ2v) is 3.31. The zero-order chi connectivity index (χ0) is 12.1. The molecule has 0 saturated heterocycles. The summed E-state index contributed by atoms with van der Waals surface area (Å²) in [5, 5.41) is 3.88. The highest BCUT2D eigenvalue weighted by atomic mass is 16.5. The molecule has 88 valence electrons. The number of nitrogens with zero attached hydrogens (tertiary/aromatic N) is 1. The molecule has 2 aromatic rings. The van der Waals surface area contributed by atoms with E-state index in [9.17, 15) is 4.79 Å². The minimum Gasteiger partial charge on any atom is -0.497 e. The summed E-state index contributed by atoms with van der Waals surface area (Å²) in [6.45, 7) is 0.461. The Morgan fingerprint density at radius 3 is 2.76 bits per heavy atom. The minimum absolute atomic E-state index is 0.0899. The van der Waals surface area contributed by atoms with Crippen molar-refractivity contribution in [2.45, 2.75) is 6.61 Å². The maximum absolute atomic E-state index is 10.0. The van der Waals surface area contributed by atoms with Crippen LogP contribution in [0.25, 0.3) is 11.3 Å². The van der Waals surface area contributed by atoms with Crippen LogP contribution in [0.5, 0.6) is 5.75 Å². The first-order chi connectivity index (χ1) is 8.33. The molecule has 0 aliphatic carbocycles. The van der Waals surface area contributed by atoms with Gasteiger partial charge in [-0.1, -0.05) is 5.16 Å². The van der Waals surface area contributed by atoms with Gasteiger partial charge in [0.15, 0.2) is 12.4 Å². The molecule has 0 amide bonds. The minimum atomic E-state index is 0.0899. The average Bonchev–Trinajstić information content (AvgIpc) is 2.85. The van der Waals surface area contributed by atoms with E-state index in [1.165, 1.54) is 0 Å².